The van der Waals surface area contributed by atoms with E-state index < -0.39 is 15.9 Å². The predicted molar refractivity (Wildman–Crippen MR) is 78.3 cm³/mol. The molecule has 1 atom stereocenters. The van der Waals surface area contributed by atoms with Gasteiger partial charge in [-0.1, -0.05) is 6.07 Å². The zero-order valence-corrected chi connectivity index (χ0v) is 12.4. The van der Waals surface area contributed by atoms with E-state index in [0.717, 1.165) is 5.56 Å². The Kier molecular flexibility index (Phi) is 5.24. The first-order chi connectivity index (χ1) is 9.58. The molecule has 2 N–H and O–H groups in total. The molecule has 0 saturated carbocycles. The van der Waals surface area contributed by atoms with Crippen LogP contribution in [-0.4, -0.2) is 36.9 Å². The molecule has 1 unspecified atom stereocenters. The third-order valence-electron chi connectivity index (χ3n) is 2.67. The van der Waals surface area contributed by atoms with Gasteiger partial charge in [0, 0.05) is 25.5 Å². The van der Waals surface area contributed by atoms with Gasteiger partial charge in [-0.25, -0.2) is 8.42 Å². The minimum absolute atomic E-state index is 0.229. The average Bonchev–Trinajstić information content (AvgIpc) is 2.94. The Hall–Kier alpha value is -1.28. The number of aromatic nitrogens is 1. The molecule has 0 amide bonds. The van der Waals surface area contributed by atoms with E-state index in [4.69, 9.17) is 0 Å². The fraction of sp³-hybridized carbons (Fsp3) is 0.308. The van der Waals surface area contributed by atoms with Crippen LogP contribution in [0.2, 0.25) is 0 Å². The molecule has 0 radical (unpaired) electrons. The van der Waals surface area contributed by atoms with Crippen molar-refractivity contribution in [1.82, 2.24) is 10.3 Å². The van der Waals surface area contributed by atoms with Crippen molar-refractivity contribution in [3.05, 3.63) is 47.6 Å². The molecule has 7 heteroatoms. The van der Waals surface area contributed by atoms with Crippen molar-refractivity contribution in [1.29, 1.82) is 0 Å². The van der Waals surface area contributed by atoms with Gasteiger partial charge in [0.25, 0.3) is 0 Å². The lowest BCUT2D eigenvalue weighted by Gasteiger charge is -2.11. The first kappa shape index (κ1) is 15.1. The second-order valence-corrected chi connectivity index (χ2v) is 7.56. The number of thiophene rings is 1. The second-order valence-electron chi connectivity index (χ2n) is 4.35. The van der Waals surface area contributed by atoms with Gasteiger partial charge in [-0.3, -0.25) is 4.98 Å². The Morgan fingerprint density at radius 3 is 2.70 bits per heavy atom. The number of rotatable bonds is 7. The lowest BCUT2D eigenvalue weighted by atomic mass is 10.2. The standard InChI is InChI=1S/C13H16N2O3S2/c16-12(9-15-8-11-3-5-14-6-4-11)10-20(17,18)13-2-1-7-19-13/h1-7,12,15-16H,8-10H2. The van der Waals surface area contributed by atoms with E-state index in [9.17, 15) is 13.5 Å². The number of aliphatic hydroxyl groups is 1. The highest BCUT2D eigenvalue weighted by Crippen LogP contribution is 2.18. The van der Waals surface area contributed by atoms with Gasteiger partial charge in [-0.15, -0.1) is 11.3 Å². The number of aliphatic hydroxyl groups excluding tert-OH is 1. The van der Waals surface area contributed by atoms with Crippen LogP contribution in [0, 0.1) is 0 Å². The van der Waals surface area contributed by atoms with E-state index in [1.165, 1.54) is 11.3 Å². The van der Waals surface area contributed by atoms with Crippen molar-refractivity contribution in [3.63, 3.8) is 0 Å². The molecule has 2 aromatic heterocycles. The number of hydrogen-bond donors (Lipinski definition) is 2. The fourth-order valence-corrected chi connectivity index (χ4v) is 4.20. The van der Waals surface area contributed by atoms with E-state index in [0.29, 0.717) is 10.8 Å². The molecule has 0 aliphatic carbocycles. The van der Waals surface area contributed by atoms with Crippen LogP contribution in [0.1, 0.15) is 5.56 Å². The molecule has 0 saturated heterocycles. The average molecular weight is 312 g/mol. The topological polar surface area (TPSA) is 79.3 Å². The summed E-state index contributed by atoms with van der Waals surface area (Å²) in [6.07, 6.45) is 2.45. The van der Waals surface area contributed by atoms with Gasteiger partial charge in [0.15, 0.2) is 9.84 Å². The lowest BCUT2D eigenvalue weighted by Crippen LogP contribution is -2.32. The molecule has 5 nitrogen and oxygen atoms in total. The molecular formula is C13H16N2O3S2. The molecule has 0 aliphatic rings. The smallest absolute Gasteiger partial charge is 0.190 e. The largest absolute Gasteiger partial charge is 0.391 e. The molecule has 20 heavy (non-hydrogen) atoms. The van der Waals surface area contributed by atoms with Crippen LogP contribution in [0.3, 0.4) is 0 Å². The maximum Gasteiger partial charge on any atom is 0.190 e. The molecule has 2 aromatic rings. The van der Waals surface area contributed by atoms with Crippen molar-refractivity contribution in [2.75, 3.05) is 12.3 Å². The van der Waals surface area contributed by atoms with Gasteiger partial charge in [0.1, 0.15) is 4.21 Å². The Labute approximate surface area is 122 Å². The number of hydrogen-bond acceptors (Lipinski definition) is 6. The SMILES string of the molecule is O=S(=O)(CC(O)CNCc1ccncc1)c1cccs1. The first-order valence-electron chi connectivity index (χ1n) is 6.12. The maximum absolute atomic E-state index is 12.0. The highest BCUT2D eigenvalue weighted by Gasteiger charge is 2.20. The van der Waals surface area contributed by atoms with Crippen LogP contribution in [-0.2, 0) is 16.4 Å². The molecule has 0 bridgehead atoms. The Bertz CT molecular complexity index is 612. The van der Waals surface area contributed by atoms with Crippen molar-refractivity contribution in [2.45, 2.75) is 16.9 Å². The summed E-state index contributed by atoms with van der Waals surface area (Å²) in [5.74, 6) is -0.267. The van der Waals surface area contributed by atoms with Crippen molar-refractivity contribution in [2.24, 2.45) is 0 Å². The van der Waals surface area contributed by atoms with Crippen molar-refractivity contribution in [3.8, 4) is 0 Å². The van der Waals surface area contributed by atoms with Gasteiger partial charge < -0.3 is 10.4 Å². The van der Waals surface area contributed by atoms with E-state index in [1.807, 2.05) is 12.1 Å². The molecule has 0 aromatic carbocycles. The molecule has 0 aliphatic heterocycles. The summed E-state index contributed by atoms with van der Waals surface area (Å²) >= 11 is 1.17. The zero-order chi connectivity index (χ0) is 14.4. The highest BCUT2D eigenvalue weighted by molar-refractivity contribution is 7.93. The van der Waals surface area contributed by atoms with E-state index in [2.05, 4.69) is 10.3 Å². The summed E-state index contributed by atoms with van der Waals surface area (Å²) in [5, 5.41) is 14.6. The van der Waals surface area contributed by atoms with Gasteiger partial charge in [0.2, 0.25) is 0 Å². The van der Waals surface area contributed by atoms with Crippen LogP contribution in [0.15, 0.2) is 46.2 Å². The second kappa shape index (κ2) is 6.94. The summed E-state index contributed by atoms with van der Waals surface area (Å²) in [7, 11) is -3.39. The van der Waals surface area contributed by atoms with E-state index >= 15 is 0 Å². The number of nitrogens with one attached hydrogen (secondary N) is 1. The summed E-state index contributed by atoms with van der Waals surface area (Å²) < 4.78 is 24.2. The third kappa shape index (κ3) is 4.38. The van der Waals surface area contributed by atoms with Crippen LogP contribution >= 0.6 is 11.3 Å². The third-order valence-corrected chi connectivity index (χ3v) is 5.96. The van der Waals surface area contributed by atoms with Gasteiger partial charge in [-0.05, 0) is 29.1 Å². The summed E-state index contributed by atoms with van der Waals surface area (Å²) in [4.78, 5) is 3.91. The monoisotopic (exact) mass is 312 g/mol. The van der Waals surface area contributed by atoms with Crippen LogP contribution < -0.4 is 5.32 Å². The minimum atomic E-state index is -3.39. The molecule has 2 heterocycles. The van der Waals surface area contributed by atoms with Gasteiger partial charge >= 0.3 is 0 Å². The molecule has 0 fully saturated rings. The lowest BCUT2D eigenvalue weighted by molar-refractivity contribution is 0.193. The quantitative estimate of drug-likeness (QED) is 0.799. The normalized spacial score (nSPS) is 13.2. The van der Waals surface area contributed by atoms with Gasteiger partial charge in [0.05, 0.1) is 11.9 Å². The Balaban J connectivity index is 1.80. The molecule has 0 spiro atoms. The summed E-state index contributed by atoms with van der Waals surface area (Å²) in [6, 6.07) is 6.96. The minimum Gasteiger partial charge on any atom is -0.391 e. The molecule has 2 rings (SSSR count). The summed E-state index contributed by atoms with van der Waals surface area (Å²) in [5.41, 5.74) is 1.04. The van der Waals surface area contributed by atoms with Crippen LogP contribution in [0.4, 0.5) is 0 Å². The Morgan fingerprint density at radius 1 is 1.30 bits per heavy atom. The van der Waals surface area contributed by atoms with Crippen molar-refractivity contribution < 1.29 is 13.5 Å². The fourth-order valence-electron chi connectivity index (χ4n) is 1.72. The number of pyridine rings is 1. The first-order valence-corrected chi connectivity index (χ1v) is 8.65. The van der Waals surface area contributed by atoms with Gasteiger partial charge in [-0.2, -0.15) is 0 Å². The predicted octanol–water partition coefficient (Wildman–Crippen LogP) is 1.07. The van der Waals surface area contributed by atoms with Crippen LogP contribution in [0.25, 0.3) is 0 Å². The molecule has 108 valence electrons. The summed E-state index contributed by atoms with van der Waals surface area (Å²) in [6.45, 7) is 0.797. The van der Waals surface area contributed by atoms with Crippen molar-refractivity contribution >= 4 is 21.2 Å². The molecular weight excluding hydrogens is 296 g/mol. The van der Waals surface area contributed by atoms with E-state index in [-0.39, 0.29) is 12.3 Å². The number of nitrogens with zero attached hydrogens (tertiary/aromatic N) is 1. The van der Waals surface area contributed by atoms with E-state index in [1.54, 1.807) is 29.9 Å². The van der Waals surface area contributed by atoms with Crippen LogP contribution in [0.5, 0.6) is 0 Å². The Morgan fingerprint density at radius 2 is 2.05 bits per heavy atom. The highest BCUT2D eigenvalue weighted by atomic mass is 32.2. The zero-order valence-electron chi connectivity index (χ0n) is 10.8. The maximum atomic E-state index is 12.0. The number of sulfone groups is 1.